The van der Waals surface area contributed by atoms with E-state index in [0.29, 0.717) is 19.6 Å². The maximum atomic E-state index is 11.2. The predicted octanol–water partition coefficient (Wildman–Crippen LogP) is 1.74. The lowest BCUT2D eigenvalue weighted by molar-refractivity contribution is -0.143. The second kappa shape index (κ2) is 5.78. The molecule has 0 amide bonds. The van der Waals surface area contributed by atoms with Crippen molar-refractivity contribution in [1.82, 2.24) is 0 Å². The Morgan fingerprint density at radius 3 is 3.00 bits per heavy atom. The van der Waals surface area contributed by atoms with Gasteiger partial charge in [0.1, 0.15) is 0 Å². The SMILES string of the molecule is CCOC(=O)CC(CN)c1cccs1. The second-order valence-electron chi connectivity index (χ2n) is 2.96. The summed E-state index contributed by atoms with van der Waals surface area (Å²) in [6.07, 6.45) is 0.380. The highest BCUT2D eigenvalue weighted by Crippen LogP contribution is 2.23. The van der Waals surface area contributed by atoms with E-state index < -0.39 is 0 Å². The molecule has 0 aliphatic rings. The maximum Gasteiger partial charge on any atom is 0.306 e. The topological polar surface area (TPSA) is 52.3 Å². The van der Waals surface area contributed by atoms with Crippen molar-refractivity contribution >= 4 is 17.3 Å². The minimum absolute atomic E-state index is 0.106. The highest BCUT2D eigenvalue weighted by molar-refractivity contribution is 7.10. The minimum atomic E-state index is -0.170. The molecule has 78 valence electrons. The molecule has 0 aliphatic heterocycles. The van der Waals surface area contributed by atoms with Gasteiger partial charge < -0.3 is 10.5 Å². The van der Waals surface area contributed by atoms with Crippen LogP contribution in [0.5, 0.6) is 0 Å². The van der Waals surface area contributed by atoms with Crippen molar-refractivity contribution in [2.24, 2.45) is 5.73 Å². The Labute approximate surface area is 87.9 Å². The van der Waals surface area contributed by atoms with Crippen molar-refractivity contribution in [2.75, 3.05) is 13.2 Å². The zero-order chi connectivity index (χ0) is 10.4. The first kappa shape index (κ1) is 11.2. The number of rotatable bonds is 5. The Kier molecular flexibility index (Phi) is 4.62. The van der Waals surface area contributed by atoms with Crippen LogP contribution in [0.25, 0.3) is 0 Å². The molecule has 1 unspecified atom stereocenters. The van der Waals surface area contributed by atoms with Gasteiger partial charge in [0.25, 0.3) is 0 Å². The lowest BCUT2D eigenvalue weighted by atomic mass is 10.0. The van der Waals surface area contributed by atoms with Crippen LogP contribution in [0.1, 0.15) is 24.1 Å². The van der Waals surface area contributed by atoms with Crippen LogP contribution in [0.15, 0.2) is 17.5 Å². The molecule has 1 heterocycles. The van der Waals surface area contributed by atoms with Gasteiger partial charge in [-0.2, -0.15) is 0 Å². The molecule has 0 radical (unpaired) electrons. The molecule has 0 spiro atoms. The summed E-state index contributed by atoms with van der Waals surface area (Å²) in [6.45, 7) is 2.72. The summed E-state index contributed by atoms with van der Waals surface area (Å²) in [5.41, 5.74) is 5.61. The van der Waals surface area contributed by atoms with E-state index in [4.69, 9.17) is 10.5 Å². The van der Waals surface area contributed by atoms with Crippen LogP contribution in [0, 0.1) is 0 Å². The Morgan fingerprint density at radius 2 is 2.50 bits per heavy atom. The molecular formula is C10H15NO2S. The number of carbonyl (C=O) groups is 1. The fraction of sp³-hybridized carbons (Fsp3) is 0.500. The van der Waals surface area contributed by atoms with E-state index in [1.54, 1.807) is 18.3 Å². The van der Waals surface area contributed by atoms with Gasteiger partial charge in [-0.05, 0) is 18.4 Å². The van der Waals surface area contributed by atoms with Gasteiger partial charge in [0.05, 0.1) is 13.0 Å². The number of hydrogen-bond donors (Lipinski definition) is 1. The zero-order valence-electron chi connectivity index (χ0n) is 8.23. The summed E-state index contributed by atoms with van der Waals surface area (Å²) in [5, 5.41) is 1.99. The molecule has 0 saturated carbocycles. The lowest BCUT2D eigenvalue weighted by Crippen LogP contribution is -2.17. The summed E-state index contributed by atoms with van der Waals surface area (Å²) >= 11 is 1.63. The number of ether oxygens (including phenoxy) is 1. The molecule has 0 aromatic carbocycles. The van der Waals surface area contributed by atoms with Crippen molar-refractivity contribution in [3.05, 3.63) is 22.4 Å². The molecular weight excluding hydrogens is 198 g/mol. The van der Waals surface area contributed by atoms with Crippen LogP contribution in [-0.2, 0) is 9.53 Å². The number of hydrogen-bond acceptors (Lipinski definition) is 4. The van der Waals surface area contributed by atoms with E-state index in [1.165, 1.54) is 0 Å². The summed E-state index contributed by atoms with van der Waals surface area (Å²) in [7, 11) is 0. The quantitative estimate of drug-likeness (QED) is 0.758. The standard InChI is InChI=1S/C10H15NO2S/c1-2-13-10(12)6-8(7-11)9-4-3-5-14-9/h3-5,8H,2,6-7,11H2,1H3. The van der Waals surface area contributed by atoms with E-state index in [2.05, 4.69) is 0 Å². The van der Waals surface area contributed by atoms with E-state index in [-0.39, 0.29) is 11.9 Å². The molecule has 4 heteroatoms. The van der Waals surface area contributed by atoms with E-state index in [0.717, 1.165) is 4.88 Å². The average molecular weight is 213 g/mol. The average Bonchev–Trinajstić information content (AvgIpc) is 2.67. The zero-order valence-corrected chi connectivity index (χ0v) is 9.05. The normalized spacial score (nSPS) is 12.4. The van der Waals surface area contributed by atoms with Gasteiger partial charge in [-0.25, -0.2) is 0 Å². The van der Waals surface area contributed by atoms with Crippen LogP contribution >= 0.6 is 11.3 Å². The first-order chi connectivity index (χ1) is 6.77. The predicted molar refractivity (Wildman–Crippen MR) is 57.4 cm³/mol. The lowest BCUT2D eigenvalue weighted by Gasteiger charge is -2.11. The Morgan fingerprint density at radius 1 is 1.71 bits per heavy atom. The molecule has 1 aromatic heterocycles. The molecule has 14 heavy (non-hydrogen) atoms. The number of esters is 1. The third-order valence-electron chi connectivity index (χ3n) is 1.95. The van der Waals surface area contributed by atoms with Crippen LogP contribution < -0.4 is 5.73 Å². The van der Waals surface area contributed by atoms with E-state index in [9.17, 15) is 4.79 Å². The number of carbonyl (C=O) groups excluding carboxylic acids is 1. The maximum absolute atomic E-state index is 11.2. The molecule has 0 saturated heterocycles. The van der Waals surface area contributed by atoms with Crippen LogP contribution in [0.4, 0.5) is 0 Å². The van der Waals surface area contributed by atoms with Crippen LogP contribution in [0.3, 0.4) is 0 Å². The number of thiophene rings is 1. The van der Waals surface area contributed by atoms with E-state index in [1.807, 2.05) is 17.5 Å². The van der Waals surface area contributed by atoms with Gasteiger partial charge in [-0.3, -0.25) is 4.79 Å². The summed E-state index contributed by atoms with van der Waals surface area (Å²) in [4.78, 5) is 12.4. The molecule has 3 nitrogen and oxygen atoms in total. The Balaban J connectivity index is 2.51. The van der Waals surface area contributed by atoms with Gasteiger partial charge in [0, 0.05) is 17.3 Å². The van der Waals surface area contributed by atoms with Crippen molar-refractivity contribution in [3.8, 4) is 0 Å². The Bertz CT molecular complexity index is 272. The summed E-state index contributed by atoms with van der Waals surface area (Å²) < 4.78 is 4.88. The van der Waals surface area contributed by atoms with Gasteiger partial charge in [0.2, 0.25) is 0 Å². The number of nitrogens with two attached hydrogens (primary N) is 1. The van der Waals surface area contributed by atoms with Gasteiger partial charge in [-0.1, -0.05) is 6.07 Å². The van der Waals surface area contributed by atoms with Crippen molar-refractivity contribution in [2.45, 2.75) is 19.3 Å². The fourth-order valence-electron chi connectivity index (χ4n) is 1.24. The van der Waals surface area contributed by atoms with Crippen LogP contribution in [-0.4, -0.2) is 19.1 Å². The Hall–Kier alpha value is -0.870. The van der Waals surface area contributed by atoms with Gasteiger partial charge >= 0.3 is 5.97 Å². The van der Waals surface area contributed by atoms with Crippen molar-refractivity contribution < 1.29 is 9.53 Å². The summed E-state index contributed by atoms with van der Waals surface area (Å²) in [6, 6.07) is 3.97. The molecule has 0 aliphatic carbocycles. The monoisotopic (exact) mass is 213 g/mol. The molecule has 2 N–H and O–H groups in total. The fourth-order valence-corrected chi connectivity index (χ4v) is 2.09. The highest BCUT2D eigenvalue weighted by Gasteiger charge is 2.15. The molecule has 1 rings (SSSR count). The first-order valence-electron chi connectivity index (χ1n) is 4.67. The third kappa shape index (κ3) is 3.12. The minimum Gasteiger partial charge on any atom is -0.466 e. The smallest absolute Gasteiger partial charge is 0.306 e. The summed E-state index contributed by atoms with van der Waals surface area (Å²) in [5.74, 6) is -0.0644. The third-order valence-corrected chi connectivity index (χ3v) is 2.98. The van der Waals surface area contributed by atoms with Gasteiger partial charge in [-0.15, -0.1) is 11.3 Å². The largest absolute Gasteiger partial charge is 0.466 e. The molecule has 0 fully saturated rings. The van der Waals surface area contributed by atoms with Crippen molar-refractivity contribution in [1.29, 1.82) is 0 Å². The molecule has 0 bridgehead atoms. The van der Waals surface area contributed by atoms with Gasteiger partial charge in [0.15, 0.2) is 0 Å². The second-order valence-corrected chi connectivity index (χ2v) is 3.94. The van der Waals surface area contributed by atoms with Crippen LogP contribution in [0.2, 0.25) is 0 Å². The van der Waals surface area contributed by atoms with Crippen molar-refractivity contribution in [3.63, 3.8) is 0 Å². The molecule has 1 atom stereocenters. The highest BCUT2D eigenvalue weighted by atomic mass is 32.1. The van der Waals surface area contributed by atoms with E-state index >= 15 is 0 Å². The first-order valence-corrected chi connectivity index (χ1v) is 5.55. The molecule has 1 aromatic rings.